The van der Waals surface area contributed by atoms with Crippen molar-refractivity contribution < 1.29 is 31.6 Å². The van der Waals surface area contributed by atoms with Crippen LogP contribution in [0.2, 0.25) is 10.0 Å². The Hall–Kier alpha value is -8.42. The van der Waals surface area contributed by atoms with E-state index >= 15 is 0 Å². The van der Waals surface area contributed by atoms with E-state index in [0.717, 1.165) is 75.6 Å². The van der Waals surface area contributed by atoms with Crippen LogP contribution in [0.25, 0.3) is 0 Å². The monoisotopic (exact) mass is 1180 g/mol. The Morgan fingerprint density at radius 3 is 1.60 bits per heavy atom. The smallest absolute Gasteiger partial charge is 0.327 e. The van der Waals surface area contributed by atoms with Crippen molar-refractivity contribution in [1.82, 2.24) is 29.7 Å². The minimum Gasteiger partial charge on any atom is -0.399 e. The maximum atomic E-state index is 13.7. The molecule has 0 spiro atoms. The summed E-state index contributed by atoms with van der Waals surface area (Å²) in [6, 6.07) is 31.5. The molecule has 8 rings (SSSR count). The topological polar surface area (TPSA) is 251 Å². The summed E-state index contributed by atoms with van der Waals surface area (Å²) in [4.78, 5) is 64.8. The molecule has 1 saturated heterocycles. The first kappa shape index (κ1) is 62.8. The molecule has 2 aromatic heterocycles. The van der Waals surface area contributed by atoms with E-state index in [-0.39, 0.29) is 38.2 Å². The van der Waals surface area contributed by atoms with Crippen molar-refractivity contribution in [2.45, 2.75) is 26.7 Å². The first-order valence-electron chi connectivity index (χ1n) is 25.6. The molecule has 7 aromatic rings. The molecule has 0 aliphatic carbocycles. The van der Waals surface area contributed by atoms with E-state index in [1.54, 1.807) is 43.4 Å². The van der Waals surface area contributed by atoms with E-state index in [9.17, 15) is 31.6 Å². The van der Waals surface area contributed by atoms with Gasteiger partial charge in [0.15, 0.2) is 0 Å². The number of urea groups is 2. The van der Waals surface area contributed by atoms with Crippen LogP contribution in [0.15, 0.2) is 134 Å². The maximum absolute atomic E-state index is 13.7. The Labute approximate surface area is 486 Å². The number of benzene rings is 5. The molecule has 1 fully saturated rings. The van der Waals surface area contributed by atoms with Crippen LogP contribution >= 0.6 is 23.2 Å². The van der Waals surface area contributed by atoms with Gasteiger partial charge >= 0.3 is 12.1 Å². The summed E-state index contributed by atoms with van der Waals surface area (Å²) in [6.45, 7) is 11.4. The molecule has 0 unspecified atom stereocenters. The van der Waals surface area contributed by atoms with E-state index in [1.807, 2.05) is 12.1 Å². The minimum atomic E-state index is -3.47. The molecule has 1 aliphatic heterocycles. The van der Waals surface area contributed by atoms with E-state index in [0.29, 0.717) is 34.6 Å². The second kappa shape index (κ2) is 28.8. The fourth-order valence-corrected chi connectivity index (χ4v) is 8.33. The molecule has 8 N–H and O–H groups in total. The summed E-state index contributed by atoms with van der Waals surface area (Å²) in [5.41, 5.74) is 9.92. The lowest BCUT2D eigenvalue weighted by Crippen LogP contribution is -2.44. The number of carbonyl (C=O) groups is 3. The highest BCUT2D eigenvalue weighted by atomic mass is 35.5. The predicted molar refractivity (Wildman–Crippen MR) is 327 cm³/mol. The fraction of sp³-hybridized carbons (Fsp3) is 0.268. The zero-order valence-electron chi connectivity index (χ0n) is 46.5. The number of rotatable bonds is 16. The summed E-state index contributed by atoms with van der Waals surface area (Å²) in [5, 5.41) is 14.8. The van der Waals surface area contributed by atoms with Gasteiger partial charge in [-0.3, -0.25) is 19.3 Å². The molecular formula is C56H66Cl2F2N16O5S. The summed E-state index contributed by atoms with van der Waals surface area (Å²) < 4.78 is 52.6. The molecule has 434 valence electrons. The van der Waals surface area contributed by atoms with Crippen LogP contribution in [-0.2, 0) is 15.9 Å². The second-order valence-corrected chi connectivity index (χ2v) is 21.4. The van der Waals surface area contributed by atoms with Gasteiger partial charge in [-0.1, -0.05) is 49.2 Å². The van der Waals surface area contributed by atoms with Crippen LogP contribution in [0.1, 0.15) is 36.7 Å². The van der Waals surface area contributed by atoms with Gasteiger partial charge in [-0.25, -0.2) is 46.7 Å². The number of halogens is 4. The van der Waals surface area contributed by atoms with Crippen molar-refractivity contribution in [1.29, 1.82) is 0 Å². The number of nitrogens with one attached hydrogen (secondary N) is 6. The summed E-state index contributed by atoms with van der Waals surface area (Å²) in [5.74, 6) is -2.05. The average molecular weight is 1180 g/mol. The number of alkyl halides is 2. The third-order valence-corrected chi connectivity index (χ3v) is 13.7. The molecule has 26 heteroatoms. The van der Waals surface area contributed by atoms with E-state index < -0.39 is 33.9 Å². The van der Waals surface area contributed by atoms with Gasteiger partial charge in [-0.15, -0.1) is 0 Å². The highest BCUT2D eigenvalue weighted by Crippen LogP contribution is 2.31. The van der Waals surface area contributed by atoms with Crippen molar-refractivity contribution in [2.24, 2.45) is 0 Å². The van der Waals surface area contributed by atoms with Gasteiger partial charge in [-0.05, 0) is 124 Å². The number of sulfonamides is 1. The lowest BCUT2D eigenvalue weighted by Gasteiger charge is -2.34. The lowest BCUT2D eigenvalue weighted by molar-refractivity contribution is 0.0174. The number of carbonyl (C=O) groups excluding carboxylic acids is 3. The number of hydrogen-bond donors (Lipinski definition) is 7. The van der Waals surface area contributed by atoms with Gasteiger partial charge in [0.1, 0.15) is 35.9 Å². The fourth-order valence-electron chi connectivity index (χ4n) is 7.44. The van der Waals surface area contributed by atoms with Gasteiger partial charge in [0.2, 0.25) is 10.0 Å². The first-order chi connectivity index (χ1) is 38.9. The number of amides is 5. The molecule has 5 amide bonds. The molecule has 1 aliphatic rings. The largest absolute Gasteiger partial charge is 0.399 e. The second-order valence-electron chi connectivity index (χ2n) is 18.9. The summed E-state index contributed by atoms with van der Waals surface area (Å²) in [6.07, 6.45) is 3.70. The van der Waals surface area contributed by atoms with Gasteiger partial charge in [0.05, 0.1) is 33.4 Å². The Balaban J connectivity index is 0.000000253. The summed E-state index contributed by atoms with van der Waals surface area (Å²) >= 11 is 12.5. The Morgan fingerprint density at radius 1 is 0.646 bits per heavy atom. The number of nitrogens with zero attached hydrogens (tertiary/aromatic N) is 9. The maximum Gasteiger partial charge on any atom is 0.327 e. The van der Waals surface area contributed by atoms with Crippen molar-refractivity contribution in [3.05, 3.63) is 155 Å². The van der Waals surface area contributed by atoms with Gasteiger partial charge in [0, 0.05) is 98.9 Å². The third-order valence-electron chi connectivity index (χ3n) is 12.5. The minimum absolute atomic E-state index is 0.0634. The van der Waals surface area contributed by atoms with E-state index in [4.69, 9.17) is 28.9 Å². The van der Waals surface area contributed by atoms with Crippen LogP contribution in [0.3, 0.4) is 0 Å². The molecule has 0 saturated carbocycles. The molecular weight excluding hydrogens is 1120 g/mol. The quantitative estimate of drug-likeness (QED) is 0.0444. The van der Waals surface area contributed by atoms with Gasteiger partial charge < -0.3 is 47.0 Å². The zero-order valence-corrected chi connectivity index (χ0v) is 48.8. The normalized spacial score (nSPS) is 12.4. The third kappa shape index (κ3) is 19.1. The molecule has 21 nitrogen and oxygen atoms in total. The predicted octanol–water partition coefficient (Wildman–Crippen LogP) is 11.1. The zero-order chi connectivity index (χ0) is 59.7. The van der Waals surface area contributed by atoms with E-state index in [1.165, 1.54) is 84.1 Å². The van der Waals surface area contributed by atoms with Crippen LogP contribution in [0.4, 0.5) is 87.1 Å². The highest BCUT2D eigenvalue weighted by Gasteiger charge is 2.25. The number of nitrogens with two attached hydrogens (primary N) is 1. The number of aromatic nitrogens is 4. The standard InChI is InChI=1S/C32H33ClF2N8O2.C19H20ClN7O3S.C5H13N/c1-32(34,35)22-6-4-5-21(17-22)30(44)39-24-9-12-26(33)27(18-24)40-31(45)42(3)29-19-28(36-20-37-29)38-23-7-10-25(11-8-23)43-15-13-41(2)14-16-43;1-27(18-10-17(22-11-23-18)24-13-5-3-12(21)4-6-13)19(28)25-16-9-14(7-8-15(16)20)26-31(2,29)30;1-4-6(3)5-2/h4-12,17-20H,13-16H2,1-3H3,(H,39,44)(H,40,45)(H,36,37,38);3-11,26H,21H2,1-2H3,(H,25,28)(H,22,23,24);4-5H2,1-3H3. The molecule has 0 atom stereocenters. The van der Waals surface area contributed by atoms with Crippen LogP contribution in [0.5, 0.6) is 0 Å². The van der Waals surface area contributed by atoms with Crippen LogP contribution in [0, 0.1) is 0 Å². The number of likely N-dealkylation sites (N-methyl/N-ethyl adjacent to an activating group) is 1. The Bertz CT molecular complexity index is 3410. The molecule has 82 heavy (non-hydrogen) atoms. The highest BCUT2D eigenvalue weighted by molar-refractivity contribution is 7.92. The van der Waals surface area contributed by atoms with Gasteiger partial charge in [-0.2, -0.15) is 0 Å². The van der Waals surface area contributed by atoms with Crippen LogP contribution in [-0.4, -0.2) is 130 Å². The van der Waals surface area contributed by atoms with Crippen LogP contribution < -0.4 is 51.7 Å². The number of hydrogen-bond acceptors (Lipinski definition) is 15. The van der Waals surface area contributed by atoms with Crippen molar-refractivity contribution in [2.75, 3.05) is 125 Å². The number of piperazine rings is 1. The molecule has 5 aromatic carbocycles. The van der Waals surface area contributed by atoms with Gasteiger partial charge in [0.25, 0.3) is 11.8 Å². The molecule has 3 heterocycles. The van der Waals surface area contributed by atoms with Crippen molar-refractivity contribution >= 4 is 120 Å². The Morgan fingerprint density at radius 2 is 1.12 bits per heavy atom. The lowest BCUT2D eigenvalue weighted by atomic mass is 10.1. The Kier molecular flexibility index (Phi) is 22.1. The van der Waals surface area contributed by atoms with Crippen molar-refractivity contribution in [3.8, 4) is 0 Å². The number of anilines is 12. The summed E-state index contributed by atoms with van der Waals surface area (Å²) in [7, 11) is 3.83. The SMILES string of the molecule is CCN(C)CC.CN(C(=O)Nc1cc(NS(C)(=O)=O)ccc1Cl)c1cc(Nc2ccc(N)cc2)ncn1.CN1CCN(c2ccc(Nc3cc(N(C)C(=O)Nc4cc(NC(=O)c5cccc(C(C)(F)F)c5)ccc4Cl)ncn3)cc2)CC1. The first-order valence-corrected chi connectivity index (χ1v) is 28.2. The average Bonchev–Trinajstić information content (AvgIpc) is 3.64. The van der Waals surface area contributed by atoms with E-state index in [2.05, 4.69) is 106 Å². The molecule has 0 bridgehead atoms. The molecule has 0 radical (unpaired) electrons. The number of nitrogen functional groups attached to an aromatic ring is 1. The van der Waals surface area contributed by atoms with Crippen molar-refractivity contribution in [3.63, 3.8) is 0 Å².